The van der Waals surface area contributed by atoms with E-state index in [2.05, 4.69) is 12.1 Å². The van der Waals surface area contributed by atoms with Crippen LogP contribution in [0, 0.1) is 0 Å². The number of ether oxygens (including phenoxy) is 6. The van der Waals surface area contributed by atoms with Crippen molar-refractivity contribution in [2.45, 2.75) is 83.6 Å². The van der Waals surface area contributed by atoms with Crippen molar-refractivity contribution in [2.75, 3.05) is 13.7 Å². The maximum absolute atomic E-state index is 12.0. The van der Waals surface area contributed by atoms with Gasteiger partial charge in [0.15, 0.2) is 11.9 Å². The van der Waals surface area contributed by atoms with E-state index < -0.39 is 48.0 Å². The Morgan fingerprint density at radius 2 is 1.63 bits per heavy atom. The van der Waals surface area contributed by atoms with Crippen molar-refractivity contribution in [1.29, 1.82) is 0 Å². The first-order chi connectivity index (χ1) is 20.3. The normalized spacial score (nSPS) is 24.3. The largest absolute Gasteiger partial charge is 0.489 e. The van der Waals surface area contributed by atoms with Gasteiger partial charge in [-0.15, -0.1) is 0 Å². The summed E-state index contributed by atoms with van der Waals surface area (Å²) in [5.41, 5.74) is 3.12. The summed E-state index contributed by atoms with van der Waals surface area (Å²) >= 11 is 6.54. The van der Waals surface area contributed by atoms with Gasteiger partial charge in [-0.1, -0.05) is 41.9 Å². The number of esters is 3. The van der Waals surface area contributed by atoms with Gasteiger partial charge in [-0.05, 0) is 36.1 Å². The Morgan fingerprint density at radius 1 is 0.977 bits per heavy atom. The molecule has 12 heteroatoms. The number of hydrogen-bond acceptors (Lipinski definition) is 10. The Labute approximate surface area is 255 Å². The fourth-order valence-electron chi connectivity index (χ4n) is 5.18. The number of carboxylic acid groups (broad SMARTS) is 1. The lowest BCUT2D eigenvalue weighted by Crippen LogP contribution is -2.58. The van der Waals surface area contributed by atoms with Crippen molar-refractivity contribution in [3.63, 3.8) is 0 Å². The first kappa shape index (κ1) is 33.8. The predicted molar refractivity (Wildman–Crippen MR) is 154 cm³/mol. The summed E-state index contributed by atoms with van der Waals surface area (Å²) in [7, 11) is 1.45. The Hall–Kier alpha value is -3.67. The summed E-state index contributed by atoms with van der Waals surface area (Å²) in [5, 5.41) is 7.84. The topological polar surface area (TPSA) is 144 Å². The van der Waals surface area contributed by atoms with Crippen molar-refractivity contribution in [1.82, 2.24) is 0 Å². The van der Waals surface area contributed by atoms with Gasteiger partial charge < -0.3 is 33.5 Å². The molecule has 0 spiro atoms. The number of benzene rings is 2. The van der Waals surface area contributed by atoms with Crippen molar-refractivity contribution in [2.24, 2.45) is 0 Å². The Kier molecular flexibility index (Phi) is 11.9. The highest BCUT2D eigenvalue weighted by molar-refractivity contribution is 6.32. The van der Waals surface area contributed by atoms with Gasteiger partial charge in [0.2, 0.25) is 0 Å². The number of halogens is 1. The highest BCUT2D eigenvalue weighted by Gasteiger charge is 2.52. The summed E-state index contributed by atoms with van der Waals surface area (Å²) in [5.74, 6) is -3.55. The molecular formula is C31H37ClO11. The summed E-state index contributed by atoms with van der Waals surface area (Å²) in [6.45, 7) is 4.57. The van der Waals surface area contributed by atoms with Gasteiger partial charge in [-0.2, -0.15) is 0 Å². The number of methoxy groups -OCH3 is 1. The van der Waals surface area contributed by atoms with Crippen LogP contribution < -0.4 is 4.74 Å². The van der Waals surface area contributed by atoms with Crippen LogP contribution in [0.15, 0.2) is 42.5 Å². The SMILES string of the molecule is CC(=O)O.COC1(c2ccc(Cl)c(OC3CCc4ccccc4C3)c2)CC(OC(C)=O)[C@H](OC(C)=O)C(COC(C)=O)O1. The van der Waals surface area contributed by atoms with Crippen LogP contribution >= 0.6 is 11.6 Å². The average Bonchev–Trinajstić information content (AvgIpc) is 2.93. The highest BCUT2D eigenvalue weighted by atomic mass is 35.5. The minimum atomic E-state index is -1.45. The molecule has 0 amide bonds. The highest BCUT2D eigenvalue weighted by Crippen LogP contribution is 2.43. The third kappa shape index (κ3) is 9.41. The molecule has 1 saturated heterocycles. The molecule has 1 fully saturated rings. The van der Waals surface area contributed by atoms with Crippen LogP contribution in [0.5, 0.6) is 5.75 Å². The second-order valence-electron chi connectivity index (χ2n) is 10.3. The van der Waals surface area contributed by atoms with E-state index in [1.165, 1.54) is 39.0 Å². The lowest BCUT2D eigenvalue weighted by Gasteiger charge is -2.46. The minimum Gasteiger partial charge on any atom is -0.489 e. The zero-order chi connectivity index (χ0) is 31.7. The quantitative estimate of drug-likeness (QED) is 0.331. The summed E-state index contributed by atoms with van der Waals surface area (Å²) in [4.78, 5) is 44.5. The number of hydrogen-bond donors (Lipinski definition) is 1. The fourth-order valence-corrected chi connectivity index (χ4v) is 5.35. The maximum atomic E-state index is 12.0. The van der Waals surface area contributed by atoms with E-state index in [0.29, 0.717) is 16.3 Å². The number of rotatable bonds is 8. The predicted octanol–water partition coefficient (Wildman–Crippen LogP) is 4.38. The summed E-state index contributed by atoms with van der Waals surface area (Å²) < 4.78 is 34.8. The number of carbonyl (C=O) groups is 4. The van der Waals surface area contributed by atoms with Crippen LogP contribution in [0.25, 0.3) is 0 Å². The van der Waals surface area contributed by atoms with Gasteiger partial charge in [0.05, 0.1) is 5.02 Å². The summed E-state index contributed by atoms with van der Waals surface area (Å²) in [6, 6.07) is 13.5. The molecule has 1 heterocycles. The Morgan fingerprint density at radius 3 is 2.23 bits per heavy atom. The Balaban J connectivity index is 0.00000119. The average molecular weight is 621 g/mol. The molecule has 1 aliphatic carbocycles. The number of aryl methyl sites for hydroxylation is 1. The van der Waals surface area contributed by atoms with Crippen LogP contribution in [0.1, 0.15) is 57.2 Å². The van der Waals surface area contributed by atoms with Crippen molar-refractivity contribution >= 4 is 35.5 Å². The number of fused-ring (bicyclic) bond motifs is 1. The van der Waals surface area contributed by atoms with Gasteiger partial charge in [-0.25, -0.2) is 0 Å². The molecule has 0 bridgehead atoms. The second-order valence-corrected chi connectivity index (χ2v) is 10.7. The van der Waals surface area contributed by atoms with Crippen molar-refractivity contribution < 1.29 is 52.7 Å². The molecule has 1 N–H and O–H groups in total. The van der Waals surface area contributed by atoms with Crippen LogP contribution in [-0.4, -0.2) is 67.1 Å². The van der Waals surface area contributed by atoms with E-state index >= 15 is 0 Å². The lowest BCUT2D eigenvalue weighted by atomic mass is 9.89. The molecule has 2 aromatic carbocycles. The third-order valence-electron chi connectivity index (χ3n) is 6.91. The molecule has 11 nitrogen and oxygen atoms in total. The number of aliphatic carboxylic acids is 1. The molecule has 0 aromatic heterocycles. The summed E-state index contributed by atoms with van der Waals surface area (Å²) in [6.07, 6.45) is -0.547. The third-order valence-corrected chi connectivity index (χ3v) is 7.22. The van der Waals surface area contributed by atoms with E-state index in [1.807, 2.05) is 12.1 Å². The minimum absolute atomic E-state index is 0.00449. The van der Waals surface area contributed by atoms with Gasteiger partial charge in [0, 0.05) is 53.2 Å². The van der Waals surface area contributed by atoms with Crippen LogP contribution in [0.4, 0.5) is 0 Å². The van der Waals surface area contributed by atoms with Gasteiger partial charge >= 0.3 is 17.9 Å². The molecule has 234 valence electrons. The van der Waals surface area contributed by atoms with E-state index in [4.69, 9.17) is 49.9 Å². The monoisotopic (exact) mass is 620 g/mol. The first-order valence-electron chi connectivity index (χ1n) is 13.8. The molecular weight excluding hydrogens is 584 g/mol. The molecule has 43 heavy (non-hydrogen) atoms. The molecule has 2 aliphatic rings. The van der Waals surface area contributed by atoms with E-state index in [0.717, 1.165) is 26.2 Å². The zero-order valence-corrected chi connectivity index (χ0v) is 25.5. The molecule has 1 aliphatic heterocycles. The second kappa shape index (κ2) is 15.2. The molecule has 0 radical (unpaired) electrons. The molecule has 2 aromatic rings. The van der Waals surface area contributed by atoms with Crippen molar-refractivity contribution in [3.05, 3.63) is 64.2 Å². The van der Waals surface area contributed by atoms with Gasteiger partial charge in [0.25, 0.3) is 5.97 Å². The van der Waals surface area contributed by atoms with E-state index in [1.54, 1.807) is 18.2 Å². The molecule has 4 rings (SSSR count). The number of carbonyl (C=O) groups excluding carboxylic acids is 3. The molecule has 4 unspecified atom stereocenters. The lowest BCUT2D eigenvalue weighted by molar-refractivity contribution is -0.326. The zero-order valence-electron chi connectivity index (χ0n) is 24.8. The number of carboxylic acids is 1. The van der Waals surface area contributed by atoms with Crippen LogP contribution in [0.3, 0.4) is 0 Å². The Bertz CT molecular complexity index is 1310. The maximum Gasteiger partial charge on any atom is 0.303 e. The van der Waals surface area contributed by atoms with Crippen molar-refractivity contribution in [3.8, 4) is 5.75 Å². The van der Waals surface area contributed by atoms with E-state index in [9.17, 15) is 14.4 Å². The first-order valence-corrected chi connectivity index (χ1v) is 14.1. The standard InChI is InChI=1S/C29H33ClO9.C2H4O2/c1-17(31)35-16-27-28(37-19(3)33)26(36-18(2)32)15-29(34-4,39-27)22-10-12-24(30)25(14-22)38-23-11-9-20-7-5-6-8-21(20)13-23;1-2(3)4/h5-8,10,12,14,23,26-28H,9,11,13,15-16H2,1-4H3;1H3,(H,3,4)/t23?,26?,27?,28-,29?;/m0./s1. The molecule has 0 saturated carbocycles. The van der Waals surface area contributed by atoms with Gasteiger partial charge in [-0.3, -0.25) is 19.2 Å². The van der Waals surface area contributed by atoms with Gasteiger partial charge in [0.1, 0.15) is 30.7 Å². The fraction of sp³-hybridized carbons (Fsp3) is 0.484. The van der Waals surface area contributed by atoms with Crippen LogP contribution in [-0.2, 0) is 61.5 Å². The molecule has 5 atom stereocenters. The van der Waals surface area contributed by atoms with Crippen LogP contribution in [0.2, 0.25) is 5.02 Å². The smallest absolute Gasteiger partial charge is 0.303 e. The van der Waals surface area contributed by atoms with E-state index in [-0.39, 0.29) is 19.1 Å².